The smallest absolute Gasteiger partial charge is 0.214 e. The van der Waals surface area contributed by atoms with Gasteiger partial charge in [-0.3, -0.25) is 14.8 Å². The van der Waals surface area contributed by atoms with Crippen molar-refractivity contribution < 1.29 is 4.79 Å². The van der Waals surface area contributed by atoms with Crippen molar-refractivity contribution in [3.63, 3.8) is 0 Å². The molecular weight excluding hydrogens is 424 g/mol. The summed E-state index contributed by atoms with van der Waals surface area (Å²) in [4.78, 5) is 29.2. The molecule has 7 heteroatoms. The third-order valence-corrected chi connectivity index (χ3v) is 5.47. The summed E-state index contributed by atoms with van der Waals surface area (Å²) in [6, 6.07) is 21.8. The average Bonchev–Trinajstić information content (AvgIpc) is 2.89. The molecule has 0 fully saturated rings. The van der Waals surface area contributed by atoms with Gasteiger partial charge in [-0.1, -0.05) is 24.3 Å². The first-order valence-electron chi connectivity index (χ1n) is 11.2. The Morgan fingerprint density at radius 2 is 1.79 bits per heavy atom. The Bertz CT molecular complexity index is 1200. The van der Waals surface area contributed by atoms with Crippen molar-refractivity contribution in [1.82, 2.24) is 15.0 Å². The van der Waals surface area contributed by atoms with Crippen LogP contribution >= 0.6 is 0 Å². The summed E-state index contributed by atoms with van der Waals surface area (Å²) in [5.41, 5.74) is 5.62. The molecule has 3 heterocycles. The minimum atomic E-state index is 0.408. The number of carbonyl (C=O) groups is 1. The number of benzene rings is 1. The molecule has 1 amide bonds. The summed E-state index contributed by atoms with van der Waals surface area (Å²) in [5, 5.41) is 3.43. The molecule has 3 aromatic heterocycles. The van der Waals surface area contributed by atoms with Crippen molar-refractivity contribution in [2.24, 2.45) is 0 Å². The Labute approximate surface area is 200 Å². The molecule has 0 aliphatic heterocycles. The fourth-order valence-electron chi connectivity index (χ4n) is 3.63. The lowest BCUT2D eigenvalue weighted by Gasteiger charge is -2.21. The van der Waals surface area contributed by atoms with Gasteiger partial charge in [-0.25, -0.2) is 4.98 Å². The van der Waals surface area contributed by atoms with E-state index in [0.717, 1.165) is 41.0 Å². The van der Waals surface area contributed by atoms with Crippen LogP contribution in [0.2, 0.25) is 0 Å². The fourth-order valence-corrected chi connectivity index (χ4v) is 3.63. The molecule has 0 spiro atoms. The molecule has 1 aromatic carbocycles. The maximum absolute atomic E-state index is 12.0. The van der Waals surface area contributed by atoms with E-state index in [9.17, 15) is 4.79 Å². The lowest BCUT2D eigenvalue weighted by Crippen LogP contribution is -2.23. The van der Waals surface area contributed by atoms with Gasteiger partial charge >= 0.3 is 0 Å². The molecule has 172 valence electrons. The Morgan fingerprint density at radius 3 is 2.47 bits per heavy atom. The predicted molar refractivity (Wildman–Crippen MR) is 137 cm³/mol. The zero-order valence-electron chi connectivity index (χ0n) is 19.4. The van der Waals surface area contributed by atoms with Crippen molar-refractivity contribution in [3.05, 3.63) is 96.6 Å². The van der Waals surface area contributed by atoms with Crippen molar-refractivity contribution in [3.8, 4) is 11.3 Å². The molecule has 0 radical (unpaired) electrons. The summed E-state index contributed by atoms with van der Waals surface area (Å²) in [5.74, 6) is 0.654. The first-order chi connectivity index (χ1) is 16.6. The summed E-state index contributed by atoms with van der Waals surface area (Å²) in [6.07, 6.45) is 6.85. The van der Waals surface area contributed by atoms with E-state index in [0.29, 0.717) is 24.6 Å². The highest BCUT2D eigenvalue weighted by atomic mass is 16.1. The number of pyridine rings is 3. The molecule has 4 aromatic rings. The maximum atomic E-state index is 12.0. The Morgan fingerprint density at radius 1 is 0.941 bits per heavy atom. The maximum Gasteiger partial charge on any atom is 0.214 e. The number of carbonyl (C=O) groups excluding carboxylic acids is 1. The van der Waals surface area contributed by atoms with Gasteiger partial charge in [0, 0.05) is 62.6 Å². The van der Waals surface area contributed by atoms with Gasteiger partial charge in [0.25, 0.3) is 0 Å². The number of hydrogen-bond donors (Lipinski definition) is 1. The van der Waals surface area contributed by atoms with Crippen molar-refractivity contribution in [2.45, 2.75) is 13.0 Å². The number of nitrogens with one attached hydrogen (secondary N) is 1. The van der Waals surface area contributed by atoms with E-state index in [-0.39, 0.29) is 0 Å². The molecule has 0 aliphatic rings. The van der Waals surface area contributed by atoms with Gasteiger partial charge in [-0.2, -0.15) is 0 Å². The Hall–Kier alpha value is -4.26. The van der Waals surface area contributed by atoms with Gasteiger partial charge in [0.2, 0.25) is 6.41 Å². The van der Waals surface area contributed by atoms with Crippen LogP contribution in [0.25, 0.3) is 11.3 Å². The minimum absolute atomic E-state index is 0.408. The quantitative estimate of drug-likeness (QED) is 0.359. The first kappa shape index (κ1) is 22.9. The van der Waals surface area contributed by atoms with Crippen LogP contribution in [0.5, 0.6) is 0 Å². The normalized spacial score (nSPS) is 10.5. The standard InChI is InChI=1S/C27H28N6O/c1-32(2)24-10-8-22(9-11-24)25-12-13-26(33(20-34)19-21-6-5-15-28-18-21)27(31-25)30-17-14-23-7-3-4-16-29-23/h3-13,15-16,18,20H,14,17,19H2,1-2H3,(H,30,31). The van der Waals surface area contributed by atoms with Crippen LogP contribution in [0.3, 0.4) is 0 Å². The summed E-state index contributed by atoms with van der Waals surface area (Å²) < 4.78 is 0. The summed E-state index contributed by atoms with van der Waals surface area (Å²) >= 11 is 0. The van der Waals surface area contributed by atoms with Crippen molar-refractivity contribution >= 4 is 23.6 Å². The highest BCUT2D eigenvalue weighted by Gasteiger charge is 2.15. The van der Waals surface area contributed by atoms with E-state index in [1.807, 2.05) is 56.6 Å². The summed E-state index contributed by atoms with van der Waals surface area (Å²) in [7, 11) is 4.03. The van der Waals surface area contributed by atoms with Gasteiger partial charge in [-0.15, -0.1) is 0 Å². The average molecular weight is 453 g/mol. The van der Waals surface area contributed by atoms with Gasteiger partial charge in [-0.05, 0) is 48.0 Å². The molecule has 0 unspecified atom stereocenters. The van der Waals surface area contributed by atoms with Gasteiger partial charge < -0.3 is 15.1 Å². The molecule has 0 aliphatic carbocycles. The molecule has 0 atom stereocenters. The third-order valence-electron chi connectivity index (χ3n) is 5.47. The molecule has 4 rings (SSSR count). The van der Waals surface area contributed by atoms with Crippen LogP contribution in [0, 0.1) is 0 Å². The molecule has 0 bridgehead atoms. The fraction of sp³-hybridized carbons (Fsp3) is 0.185. The molecule has 34 heavy (non-hydrogen) atoms. The van der Waals surface area contributed by atoms with Gasteiger partial charge in [0.15, 0.2) is 5.82 Å². The van der Waals surface area contributed by atoms with E-state index in [2.05, 4.69) is 44.5 Å². The minimum Gasteiger partial charge on any atom is -0.378 e. The Balaban J connectivity index is 1.62. The van der Waals surface area contributed by atoms with Crippen molar-refractivity contribution in [2.75, 3.05) is 35.8 Å². The molecule has 1 N–H and O–H groups in total. The summed E-state index contributed by atoms with van der Waals surface area (Å²) in [6.45, 7) is 1.05. The van der Waals surface area contributed by atoms with E-state index in [1.54, 1.807) is 23.5 Å². The first-order valence-corrected chi connectivity index (χ1v) is 11.2. The number of aromatic nitrogens is 3. The van der Waals surface area contributed by atoms with E-state index < -0.39 is 0 Å². The second-order valence-electron chi connectivity index (χ2n) is 8.10. The number of rotatable bonds is 10. The van der Waals surface area contributed by atoms with Crippen LogP contribution in [0.4, 0.5) is 17.2 Å². The lowest BCUT2D eigenvalue weighted by atomic mass is 10.1. The van der Waals surface area contributed by atoms with Crippen LogP contribution in [-0.4, -0.2) is 42.0 Å². The highest BCUT2D eigenvalue weighted by Crippen LogP contribution is 2.29. The van der Waals surface area contributed by atoms with Crippen LogP contribution in [-0.2, 0) is 17.8 Å². The molecular formula is C27H28N6O. The topological polar surface area (TPSA) is 74.2 Å². The number of anilines is 3. The van der Waals surface area contributed by atoms with Gasteiger partial charge in [0.1, 0.15) is 0 Å². The lowest BCUT2D eigenvalue weighted by molar-refractivity contribution is -0.107. The second kappa shape index (κ2) is 11.0. The largest absolute Gasteiger partial charge is 0.378 e. The zero-order valence-corrected chi connectivity index (χ0v) is 19.4. The van der Waals surface area contributed by atoms with E-state index in [4.69, 9.17) is 4.98 Å². The number of nitrogens with zero attached hydrogens (tertiary/aromatic N) is 5. The molecule has 0 saturated carbocycles. The number of amides is 1. The third kappa shape index (κ3) is 5.75. The van der Waals surface area contributed by atoms with Crippen LogP contribution in [0.1, 0.15) is 11.3 Å². The van der Waals surface area contributed by atoms with Gasteiger partial charge in [0.05, 0.1) is 17.9 Å². The zero-order chi connectivity index (χ0) is 23.8. The van der Waals surface area contributed by atoms with E-state index in [1.165, 1.54) is 0 Å². The van der Waals surface area contributed by atoms with Crippen LogP contribution in [0.15, 0.2) is 85.3 Å². The number of hydrogen-bond acceptors (Lipinski definition) is 6. The highest BCUT2D eigenvalue weighted by molar-refractivity contribution is 5.83. The molecule has 7 nitrogen and oxygen atoms in total. The van der Waals surface area contributed by atoms with Crippen LogP contribution < -0.4 is 15.1 Å². The van der Waals surface area contributed by atoms with E-state index >= 15 is 0 Å². The predicted octanol–water partition coefficient (Wildman–Crippen LogP) is 4.42. The second-order valence-corrected chi connectivity index (χ2v) is 8.10. The van der Waals surface area contributed by atoms with Crippen molar-refractivity contribution in [1.29, 1.82) is 0 Å². The molecule has 0 saturated heterocycles. The SMILES string of the molecule is CN(C)c1ccc(-c2ccc(N(C=O)Cc3cccnc3)c(NCCc3ccccn3)n2)cc1. The Kier molecular flexibility index (Phi) is 7.45. The monoisotopic (exact) mass is 452 g/mol.